The molecule has 0 saturated carbocycles. The van der Waals surface area contributed by atoms with Crippen LogP contribution in [0.3, 0.4) is 0 Å². The number of likely N-dealkylation sites (N-methyl/N-ethyl adjacent to an activating group) is 1. The van der Waals surface area contributed by atoms with Gasteiger partial charge in [-0.25, -0.2) is 4.99 Å². The Bertz CT molecular complexity index is 416. The summed E-state index contributed by atoms with van der Waals surface area (Å²) in [6, 6.07) is 0. The molecule has 1 aliphatic heterocycles. The number of hydrogen-bond acceptors (Lipinski definition) is 4. The van der Waals surface area contributed by atoms with Gasteiger partial charge in [-0.15, -0.1) is 0 Å². The molecule has 6 nitrogen and oxygen atoms in total. The molecule has 0 saturated heterocycles. The van der Waals surface area contributed by atoms with Gasteiger partial charge in [-0.05, 0) is 27.7 Å². The van der Waals surface area contributed by atoms with Gasteiger partial charge in [0.15, 0.2) is 11.2 Å². The third-order valence-corrected chi connectivity index (χ3v) is 2.75. The highest BCUT2D eigenvalue weighted by Crippen LogP contribution is 2.26. The number of guanidine groups is 1. The van der Waals surface area contributed by atoms with Crippen molar-refractivity contribution in [3.8, 4) is 6.19 Å². The van der Waals surface area contributed by atoms with E-state index in [0.717, 1.165) is 0 Å². The molecule has 0 aromatic rings. The summed E-state index contributed by atoms with van der Waals surface area (Å²) in [6.45, 7) is 8.22. The lowest BCUT2D eigenvalue weighted by atomic mass is 10.1. The first kappa shape index (κ1) is 14.6. The molecule has 0 amide bonds. The van der Waals surface area contributed by atoms with Crippen LogP contribution in [0.25, 0.3) is 0 Å². The number of rotatable bonds is 1. The monoisotopic (exact) mass is 270 g/mol. The third-order valence-electron chi connectivity index (χ3n) is 2.27. The molecule has 1 atom stereocenters. The fourth-order valence-electron chi connectivity index (χ4n) is 1.57. The van der Waals surface area contributed by atoms with Gasteiger partial charge in [-0.1, -0.05) is 11.6 Å². The molecule has 1 heterocycles. The second-order valence-corrected chi connectivity index (χ2v) is 5.96. The Morgan fingerprint density at radius 1 is 1.61 bits per heavy atom. The van der Waals surface area contributed by atoms with Gasteiger partial charge in [0.25, 0.3) is 0 Å². The zero-order chi connectivity index (χ0) is 14.0. The highest BCUT2D eigenvalue weighted by Gasteiger charge is 2.38. The molecule has 0 radical (unpaired) electrons. The smallest absolute Gasteiger partial charge is 0.207 e. The van der Waals surface area contributed by atoms with Gasteiger partial charge in [0.05, 0.1) is 12.3 Å². The molecular weight excluding hydrogens is 252 g/mol. The van der Waals surface area contributed by atoms with Crippen LogP contribution in [0.1, 0.15) is 27.7 Å². The zero-order valence-electron chi connectivity index (χ0n) is 11.4. The van der Waals surface area contributed by atoms with Crippen LogP contribution in [0.4, 0.5) is 0 Å². The predicted molar refractivity (Wildman–Crippen MR) is 73.4 cm³/mol. The molecule has 0 fully saturated rings. The van der Waals surface area contributed by atoms with E-state index >= 15 is 0 Å². The van der Waals surface area contributed by atoms with Crippen LogP contribution in [0.15, 0.2) is 10.1 Å². The summed E-state index contributed by atoms with van der Waals surface area (Å²) in [7, 11) is 1.83. The van der Waals surface area contributed by atoms with Gasteiger partial charge in [-0.2, -0.15) is 10.4 Å². The van der Waals surface area contributed by atoms with Crippen molar-refractivity contribution in [2.75, 3.05) is 13.6 Å². The summed E-state index contributed by atoms with van der Waals surface area (Å²) >= 11 is 6.43. The standard InChI is InChI=1S/C11H19ClN6/c1-8-11(12,6-18(5)17-8)16-9(14-7-13)15-10(2,3)4/h6H2,1-5H3,(H2,14,15,16). The number of aliphatic imine (C=N–C) groups is 1. The molecule has 0 aromatic carbocycles. The van der Waals surface area contributed by atoms with Crippen LogP contribution in [-0.4, -0.2) is 40.8 Å². The molecule has 2 N–H and O–H groups in total. The predicted octanol–water partition coefficient (Wildman–Crippen LogP) is 1.06. The minimum absolute atomic E-state index is 0.217. The highest BCUT2D eigenvalue weighted by molar-refractivity contribution is 6.37. The van der Waals surface area contributed by atoms with Crippen LogP contribution < -0.4 is 10.6 Å². The first-order valence-electron chi connectivity index (χ1n) is 5.65. The summed E-state index contributed by atoms with van der Waals surface area (Å²) in [5.41, 5.74) is 0.491. The van der Waals surface area contributed by atoms with E-state index in [4.69, 9.17) is 16.9 Å². The quantitative estimate of drug-likeness (QED) is 0.187. The zero-order valence-corrected chi connectivity index (χ0v) is 12.1. The number of nitrogens with zero attached hydrogens (tertiary/aromatic N) is 4. The SMILES string of the molecule is CC1=NN(C)CC1(Cl)N=C(NC#N)NC(C)(C)C. The summed E-state index contributed by atoms with van der Waals surface area (Å²) in [4.78, 5) is 3.45. The van der Waals surface area contributed by atoms with Crippen molar-refractivity contribution in [1.82, 2.24) is 15.6 Å². The van der Waals surface area contributed by atoms with E-state index in [1.807, 2.05) is 40.9 Å². The Labute approximate surface area is 113 Å². The molecule has 0 aromatic heterocycles. The van der Waals surface area contributed by atoms with E-state index < -0.39 is 5.00 Å². The average molecular weight is 271 g/mol. The topological polar surface area (TPSA) is 75.8 Å². The van der Waals surface area contributed by atoms with Crippen molar-refractivity contribution in [2.45, 2.75) is 38.2 Å². The van der Waals surface area contributed by atoms with Gasteiger partial charge in [0.2, 0.25) is 5.96 Å². The van der Waals surface area contributed by atoms with Crippen molar-refractivity contribution >= 4 is 23.3 Å². The fraction of sp³-hybridized carbons (Fsp3) is 0.727. The summed E-state index contributed by atoms with van der Waals surface area (Å²) in [6.07, 6.45) is 1.85. The number of alkyl halides is 1. The largest absolute Gasteiger partial charge is 0.351 e. The summed E-state index contributed by atoms with van der Waals surface area (Å²) in [5.74, 6) is 0.352. The van der Waals surface area contributed by atoms with Crippen molar-refractivity contribution in [3.05, 3.63) is 0 Å². The Morgan fingerprint density at radius 3 is 2.61 bits per heavy atom. The fourth-order valence-corrected chi connectivity index (χ4v) is 1.87. The van der Waals surface area contributed by atoms with Crippen molar-refractivity contribution in [3.63, 3.8) is 0 Å². The molecule has 1 unspecified atom stereocenters. The van der Waals surface area contributed by atoms with Gasteiger partial charge >= 0.3 is 0 Å². The molecule has 1 aliphatic rings. The van der Waals surface area contributed by atoms with E-state index in [9.17, 15) is 0 Å². The van der Waals surface area contributed by atoms with Gasteiger partial charge in [0.1, 0.15) is 0 Å². The lowest BCUT2D eigenvalue weighted by Gasteiger charge is -2.25. The second-order valence-electron chi connectivity index (χ2n) is 5.33. The number of nitriles is 1. The van der Waals surface area contributed by atoms with E-state index in [1.54, 1.807) is 5.01 Å². The Hall–Kier alpha value is -1.48. The van der Waals surface area contributed by atoms with Crippen LogP contribution in [-0.2, 0) is 0 Å². The molecule has 0 bridgehead atoms. The summed E-state index contributed by atoms with van der Waals surface area (Å²) in [5, 5.41) is 20.3. The van der Waals surface area contributed by atoms with Gasteiger partial charge in [-0.3, -0.25) is 10.3 Å². The van der Waals surface area contributed by atoms with Crippen molar-refractivity contribution < 1.29 is 0 Å². The van der Waals surface area contributed by atoms with Crippen LogP contribution in [0.2, 0.25) is 0 Å². The number of halogens is 1. The van der Waals surface area contributed by atoms with Crippen LogP contribution >= 0.6 is 11.6 Å². The maximum absolute atomic E-state index is 8.74. The van der Waals surface area contributed by atoms with Crippen molar-refractivity contribution in [1.29, 1.82) is 5.26 Å². The molecule has 0 aliphatic carbocycles. The van der Waals surface area contributed by atoms with Crippen LogP contribution in [0.5, 0.6) is 0 Å². The van der Waals surface area contributed by atoms with E-state index in [2.05, 4.69) is 20.7 Å². The Kier molecular flexibility index (Phi) is 4.07. The third kappa shape index (κ3) is 3.77. The molecule has 1 rings (SSSR count). The first-order valence-corrected chi connectivity index (χ1v) is 6.03. The summed E-state index contributed by atoms with van der Waals surface area (Å²) < 4.78 is 0. The van der Waals surface area contributed by atoms with E-state index in [1.165, 1.54) is 0 Å². The minimum Gasteiger partial charge on any atom is -0.351 e. The number of hydrazone groups is 1. The van der Waals surface area contributed by atoms with E-state index in [0.29, 0.717) is 18.2 Å². The van der Waals surface area contributed by atoms with Crippen molar-refractivity contribution in [2.24, 2.45) is 10.1 Å². The molecular formula is C11H19ClN6. The Morgan fingerprint density at radius 2 is 2.22 bits per heavy atom. The normalized spacial score (nSPS) is 24.6. The molecule has 7 heteroatoms. The highest BCUT2D eigenvalue weighted by atomic mass is 35.5. The lowest BCUT2D eigenvalue weighted by molar-refractivity contribution is 0.371. The molecule has 18 heavy (non-hydrogen) atoms. The second kappa shape index (κ2) is 5.02. The van der Waals surface area contributed by atoms with Crippen LogP contribution in [0, 0.1) is 11.5 Å². The number of nitrogens with one attached hydrogen (secondary N) is 2. The lowest BCUT2D eigenvalue weighted by Crippen LogP contribution is -2.48. The van der Waals surface area contributed by atoms with Gasteiger partial charge < -0.3 is 5.32 Å². The molecule has 0 spiro atoms. The number of hydrogen-bond donors (Lipinski definition) is 2. The molecule has 100 valence electrons. The maximum atomic E-state index is 8.74. The minimum atomic E-state index is -0.924. The maximum Gasteiger partial charge on any atom is 0.207 e. The first-order chi connectivity index (χ1) is 8.16. The Balaban J connectivity index is 2.96. The average Bonchev–Trinajstić information content (AvgIpc) is 2.37. The van der Waals surface area contributed by atoms with E-state index in [-0.39, 0.29) is 5.54 Å². The van der Waals surface area contributed by atoms with Gasteiger partial charge in [0, 0.05) is 12.6 Å².